The molecule has 0 bridgehead atoms. The van der Waals surface area contributed by atoms with Crippen LogP contribution >= 0.6 is 11.3 Å². The smallest absolute Gasteiger partial charge is 0.0713 e. The van der Waals surface area contributed by atoms with E-state index in [1.54, 1.807) is 0 Å². The van der Waals surface area contributed by atoms with Crippen molar-refractivity contribution in [3.63, 3.8) is 0 Å². The zero-order valence-corrected chi connectivity index (χ0v) is 36.7. The molecule has 306 valence electrons. The third-order valence-electron chi connectivity index (χ3n) is 13.5. The Bertz CT molecular complexity index is 3460. The van der Waals surface area contributed by atoms with Crippen LogP contribution in [0.4, 0.5) is 0 Å². The summed E-state index contributed by atoms with van der Waals surface area (Å²) in [5, 5.41) is 2.59. The molecule has 0 saturated heterocycles. The number of fused-ring (bicyclic) bond motifs is 6. The molecule has 65 heavy (non-hydrogen) atoms. The lowest BCUT2D eigenvalue weighted by molar-refractivity contribution is 0.768. The summed E-state index contributed by atoms with van der Waals surface area (Å²) < 4.78 is 2.63. The number of allylic oxidation sites excluding steroid dienone is 1. The number of hydrogen-bond donors (Lipinski definition) is 0. The van der Waals surface area contributed by atoms with Crippen molar-refractivity contribution in [2.45, 2.75) is 11.8 Å². The first-order chi connectivity index (χ1) is 32.2. The average Bonchev–Trinajstić information content (AvgIpc) is 3.92. The summed E-state index contributed by atoms with van der Waals surface area (Å²) in [4.78, 5) is 0. The van der Waals surface area contributed by atoms with Crippen LogP contribution in [0, 0.1) is 0 Å². The van der Waals surface area contributed by atoms with Crippen molar-refractivity contribution in [1.82, 2.24) is 0 Å². The number of benzene rings is 10. The second-order valence-electron chi connectivity index (χ2n) is 17.1. The molecule has 0 amide bonds. The molecule has 1 heterocycles. The second-order valence-corrected chi connectivity index (χ2v) is 18.2. The first-order valence-electron chi connectivity index (χ1n) is 22.5. The maximum absolute atomic E-state index is 2.44. The fourth-order valence-corrected chi connectivity index (χ4v) is 11.7. The molecule has 0 fully saturated rings. The quantitative estimate of drug-likeness (QED) is 0.127. The van der Waals surface area contributed by atoms with Crippen LogP contribution in [0.25, 0.3) is 76.3 Å². The van der Waals surface area contributed by atoms with Gasteiger partial charge in [-0.1, -0.05) is 249 Å². The van der Waals surface area contributed by atoms with Crippen LogP contribution in [-0.2, 0) is 11.8 Å². The fraction of sp³-hybridized carbons (Fsp3) is 0.0312. The summed E-state index contributed by atoms with van der Waals surface area (Å²) in [5.41, 5.74) is 19.9. The molecular weight excluding hydrogens is 801 g/mol. The molecule has 0 atom stereocenters. The molecule has 0 saturated carbocycles. The lowest BCUT2D eigenvalue weighted by Crippen LogP contribution is -2.28. The molecule has 1 heteroatoms. The van der Waals surface area contributed by atoms with Gasteiger partial charge in [-0.15, -0.1) is 11.3 Å². The Hall–Kier alpha value is -7.84. The summed E-state index contributed by atoms with van der Waals surface area (Å²) in [5.74, 6) is 0. The van der Waals surface area contributed by atoms with Crippen LogP contribution in [0.5, 0.6) is 0 Å². The maximum Gasteiger partial charge on any atom is 0.0713 e. The number of rotatable bonds is 9. The predicted octanol–water partition coefficient (Wildman–Crippen LogP) is 17.2. The number of hydrogen-bond acceptors (Lipinski definition) is 1. The minimum absolute atomic E-state index is 0.415. The molecule has 10 aromatic carbocycles. The van der Waals surface area contributed by atoms with Gasteiger partial charge < -0.3 is 0 Å². The Morgan fingerprint density at radius 1 is 0.354 bits per heavy atom. The van der Waals surface area contributed by atoms with Crippen LogP contribution in [-0.4, -0.2) is 0 Å². The standard InChI is InChI=1S/C64H44S/c1-4-16-45(17-5-1)47-32-30-44(31-33-47)42-52(49-36-34-48(35-37-49)46-18-6-2-7-19-46)43-51-20-14-26-58-59-27-15-25-55(63(59)65-62(51)58)50-38-40-54(41-39-50)64(53-21-8-3-9-22-53)60-28-12-10-23-56(60)57-24-11-13-29-61(57)64/h1-41,43H,42H2/b52-43-. The van der Waals surface area contributed by atoms with Crippen molar-refractivity contribution in [2.24, 2.45) is 0 Å². The van der Waals surface area contributed by atoms with Crippen molar-refractivity contribution in [3.8, 4) is 44.5 Å². The molecule has 0 nitrogen and oxygen atoms in total. The predicted molar refractivity (Wildman–Crippen MR) is 277 cm³/mol. The highest BCUT2D eigenvalue weighted by Gasteiger charge is 2.45. The Morgan fingerprint density at radius 2 is 0.815 bits per heavy atom. The number of thiophene rings is 1. The van der Waals surface area contributed by atoms with Crippen molar-refractivity contribution < 1.29 is 0 Å². The summed E-state index contributed by atoms with van der Waals surface area (Å²) in [7, 11) is 0. The van der Waals surface area contributed by atoms with E-state index >= 15 is 0 Å². The third-order valence-corrected chi connectivity index (χ3v) is 14.8. The summed E-state index contributed by atoms with van der Waals surface area (Å²) in [6.45, 7) is 0. The molecule has 12 rings (SSSR count). The molecule has 0 unspecified atom stereocenters. The molecule has 0 spiro atoms. The zero-order chi connectivity index (χ0) is 43.2. The summed E-state index contributed by atoms with van der Waals surface area (Å²) in [6.07, 6.45) is 3.26. The molecule has 1 aliphatic carbocycles. The zero-order valence-electron chi connectivity index (χ0n) is 35.9. The van der Waals surface area contributed by atoms with Gasteiger partial charge in [-0.05, 0) is 102 Å². The second kappa shape index (κ2) is 16.4. The van der Waals surface area contributed by atoms with Gasteiger partial charge in [0, 0.05) is 20.2 Å². The van der Waals surface area contributed by atoms with E-state index in [0.29, 0.717) is 0 Å². The highest BCUT2D eigenvalue weighted by Crippen LogP contribution is 2.56. The van der Waals surface area contributed by atoms with Gasteiger partial charge in [0.25, 0.3) is 0 Å². The van der Waals surface area contributed by atoms with E-state index in [0.717, 1.165) is 6.42 Å². The van der Waals surface area contributed by atoms with E-state index in [2.05, 4.69) is 255 Å². The molecule has 0 radical (unpaired) electrons. The Labute approximate surface area is 385 Å². The molecular formula is C64H44S. The van der Waals surface area contributed by atoms with Gasteiger partial charge in [0.15, 0.2) is 0 Å². The van der Waals surface area contributed by atoms with Gasteiger partial charge >= 0.3 is 0 Å². The van der Waals surface area contributed by atoms with Crippen molar-refractivity contribution in [2.75, 3.05) is 0 Å². The molecule has 0 aliphatic heterocycles. The van der Waals surface area contributed by atoms with Crippen LogP contribution in [0.3, 0.4) is 0 Å². The molecule has 11 aromatic rings. The fourth-order valence-electron chi connectivity index (χ4n) is 10.4. The molecule has 1 aliphatic rings. The first-order valence-corrected chi connectivity index (χ1v) is 23.3. The lowest BCUT2D eigenvalue weighted by Gasteiger charge is -2.34. The average molecular weight is 845 g/mol. The highest BCUT2D eigenvalue weighted by atomic mass is 32.1. The van der Waals surface area contributed by atoms with E-state index in [1.165, 1.54) is 109 Å². The minimum Gasteiger partial charge on any atom is -0.134 e. The largest absolute Gasteiger partial charge is 0.134 e. The van der Waals surface area contributed by atoms with Gasteiger partial charge in [-0.25, -0.2) is 0 Å². The molecule has 0 N–H and O–H groups in total. The van der Waals surface area contributed by atoms with Crippen molar-refractivity contribution >= 4 is 43.2 Å². The van der Waals surface area contributed by atoms with E-state index in [4.69, 9.17) is 0 Å². The topological polar surface area (TPSA) is 0 Å². The SMILES string of the molecule is C(=C(\Cc1ccc(-c2ccccc2)cc1)c1ccc(-c2ccccc2)cc1)/c1cccc2c1sc1c(-c3ccc(C4(c5ccccc5)c5ccccc5-c5ccccc54)cc3)cccc12. The van der Waals surface area contributed by atoms with E-state index in [1.807, 2.05) is 11.3 Å². The lowest BCUT2D eigenvalue weighted by atomic mass is 9.67. The van der Waals surface area contributed by atoms with Gasteiger partial charge in [0.05, 0.1) is 5.41 Å². The highest BCUT2D eigenvalue weighted by molar-refractivity contribution is 7.26. The Kier molecular flexibility index (Phi) is 9.77. The minimum atomic E-state index is -0.415. The van der Waals surface area contributed by atoms with Crippen LogP contribution in [0.15, 0.2) is 249 Å². The van der Waals surface area contributed by atoms with Gasteiger partial charge in [-0.3, -0.25) is 0 Å². The normalized spacial score (nSPS) is 12.9. The van der Waals surface area contributed by atoms with Gasteiger partial charge in [0.2, 0.25) is 0 Å². The maximum atomic E-state index is 2.44. The van der Waals surface area contributed by atoms with Crippen molar-refractivity contribution in [3.05, 3.63) is 288 Å². The summed E-state index contributed by atoms with van der Waals surface area (Å²) in [6, 6.07) is 91.6. The monoisotopic (exact) mass is 844 g/mol. The van der Waals surface area contributed by atoms with E-state index in [9.17, 15) is 0 Å². The third kappa shape index (κ3) is 6.76. The van der Waals surface area contributed by atoms with Gasteiger partial charge in [-0.2, -0.15) is 0 Å². The Morgan fingerprint density at radius 3 is 1.43 bits per heavy atom. The van der Waals surface area contributed by atoms with Gasteiger partial charge in [0.1, 0.15) is 0 Å². The Balaban J connectivity index is 0.953. The summed E-state index contributed by atoms with van der Waals surface area (Å²) >= 11 is 1.91. The van der Waals surface area contributed by atoms with E-state index < -0.39 is 5.41 Å². The van der Waals surface area contributed by atoms with Crippen LogP contribution in [0.2, 0.25) is 0 Å². The van der Waals surface area contributed by atoms with E-state index in [-0.39, 0.29) is 0 Å². The van der Waals surface area contributed by atoms with Crippen LogP contribution < -0.4 is 0 Å². The molecule has 1 aromatic heterocycles. The first kappa shape index (κ1) is 38.8. The van der Waals surface area contributed by atoms with Crippen molar-refractivity contribution in [1.29, 1.82) is 0 Å². The van der Waals surface area contributed by atoms with Crippen LogP contribution in [0.1, 0.15) is 38.9 Å².